The molecule has 4 aliphatic rings. The van der Waals surface area contributed by atoms with Crippen molar-refractivity contribution in [2.75, 3.05) is 6.54 Å². The number of hydrogen-bond acceptors (Lipinski definition) is 2. The molecule has 0 radical (unpaired) electrons. The van der Waals surface area contributed by atoms with E-state index in [-0.39, 0.29) is 0 Å². The number of amides is 1. The Morgan fingerprint density at radius 2 is 1.88 bits per heavy atom. The smallest absolute Gasteiger partial charge is 0.223 e. The first-order chi connectivity index (χ1) is 11.8. The van der Waals surface area contributed by atoms with Gasteiger partial charge in [0.05, 0.1) is 5.69 Å². The topological polar surface area (TPSA) is 46.4 Å². The summed E-state index contributed by atoms with van der Waals surface area (Å²) in [5, 5.41) is 3.22. The molecule has 0 atom stereocenters. The molecule has 1 N–H and O–H groups in total. The lowest BCUT2D eigenvalue weighted by atomic mass is 9.51. The first-order valence-electron chi connectivity index (χ1n) is 9.46. The van der Waals surface area contributed by atoms with Crippen LogP contribution >= 0.6 is 0 Å². The van der Waals surface area contributed by atoms with Crippen molar-refractivity contribution < 1.29 is 4.79 Å². The number of rotatable bonds is 4. The van der Waals surface area contributed by atoms with E-state index in [1.165, 1.54) is 32.1 Å². The van der Waals surface area contributed by atoms with Crippen molar-refractivity contribution in [3.8, 4) is 0 Å². The summed E-state index contributed by atoms with van der Waals surface area (Å²) in [5.74, 6) is 3.78. The molecule has 1 amide bonds. The molecule has 0 aliphatic heterocycles. The molecule has 0 saturated heterocycles. The summed E-state index contributed by atoms with van der Waals surface area (Å²) in [6.07, 6.45) is 11.5. The number of pyridine rings is 1. The third-order valence-electron chi connectivity index (χ3n) is 6.62. The van der Waals surface area contributed by atoms with Crippen molar-refractivity contribution in [2.45, 2.75) is 38.5 Å². The normalized spacial score (nSPS) is 33.9. The van der Waals surface area contributed by atoms with E-state index >= 15 is 0 Å². The van der Waals surface area contributed by atoms with Gasteiger partial charge in [0, 0.05) is 31.3 Å². The average Bonchev–Trinajstić information content (AvgIpc) is 2.96. The molecule has 126 valence electrons. The maximum atomic E-state index is 12.8. The van der Waals surface area contributed by atoms with Gasteiger partial charge in [0.2, 0.25) is 5.91 Å². The second-order valence-electron chi connectivity index (χ2n) is 8.20. The van der Waals surface area contributed by atoms with Gasteiger partial charge in [-0.2, -0.15) is 0 Å². The molecule has 4 saturated carbocycles. The number of imidazole rings is 1. The van der Waals surface area contributed by atoms with Gasteiger partial charge in [0.25, 0.3) is 0 Å². The highest BCUT2D eigenvalue weighted by Crippen LogP contribution is 2.56. The molecular weight excluding hydrogens is 298 g/mol. The molecule has 4 fully saturated rings. The molecule has 2 aromatic rings. The van der Waals surface area contributed by atoms with Crippen LogP contribution in [0, 0.1) is 29.6 Å². The largest absolute Gasteiger partial charge is 0.355 e. The molecule has 4 aliphatic carbocycles. The van der Waals surface area contributed by atoms with Crippen molar-refractivity contribution in [3.63, 3.8) is 0 Å². The zero-order chi connectivity index (χ0) is 16.1. The van der Waals surface area contributed by atoms with Gasteiger partial charge in [0.1, 0.15) is 5.65 Å². The number of aromatic nitrogens is 2. The van der Waals surface area contributed by atoms with Gasteiger partial charge in [0.15, 0.2) is 0 Å². The Morgan fingerprint density at radius 3 is 2.58 bits per heavy atom. The Kier molecular flexibility index (Phi) is 3.39. The molecule has 0 aromatic carbocycles. The summed E-state index contributed by atoms with van der Waals surface area (Å²) < 4.78 is 2.04. The quantitative estimate of drug-likeness (QED) is 0.940. The van der Waals surface area contributed by atoms with Crippen molar-refractivity contribution in [1.29, 1.82) is 0 Å². The average molecular weight is 323 g/mol. The first-order valence-corrected chi connectivity index (χ1v) is 9.46. The SMILES string of the molecule is O=C(NCCc1cn2ccccc2n1)C1C2CC3CC(C2)CC1C3. The van der Waals surface area contributed by atoms with Crippen LogP contribution in [0.15, 0.2) is 30.6 Å². The molecule has 2 aromatic heterocycles. The summed E-state index contributed by atoms with van der Waals surface area (Å²) in [7, 11) is 0. The van der Waals surface area contributed by atoms with Gasteiger partial charge in [-0.25, -0.2) is 4.98 Å². The molecule has 6 rings (SSSR count). The molecule has 4 bridgehead atoms. The molecule has 0 unspecified atom stereocenters. The number of carbonyl (C=O) groups is 1. The van der Waals surface area contributed by atoms with Crippen molar-refractivity contribution >= 4 is 11.6 Å². The van der Waals surface area contributed by atoms with Crippen LogP contribution in [0.25, 0.3) is 5.65 Å². The Labute approximate surface area is 142 Å². The minimum absolute atomic E-state index is 0.291. The number of hydrogen-bond donors (Lipinski definition) is 1. The van der Waals surface area contributed by atoms with Crippen LogP contribution in [0.4, 0.5) is 0 Å². The van der Waals surface area contributed by atoms with E-state index in [2.05, 4.69) is 16.5 Å². The summed E-state index contributed by atoms with van der Waals surface area (Å²) in [6, 6.07) is 6.02. The van der Waals surface area contributed by atoms with Crippen LogP contribution in [-0.2, 0) is 11.2 Å². The summed E-state index contributed by atoms with van der Waals surface area (Å²) in [5.41, 5.74) is 2.02. The van der Waals surface area contributed by atoms with E-state index in [1.54, 1.807) is 0 Å². The number of nitrogens with zero attached hydrogens (tertiary/aromatic N) is 2. The van der Waals surface area contributed by atoms with Gasteiger partial charge in [-0.1, -0.05) is 6.07 Å². The molecule has 24 heavy (non-hydrogen) atoms. The van der Waals surface area contributed by atoms with Crippen LogP contribution in [-0.4, -0.2) is 21.8 Å². The third-order valence-corrected chi connectivity index (χ3v) is 6.62. The van der Waals surface area contributed by atoms with E-state index in [1.807, 2.05) is 28.8 Å². The summed E-state index contributed by atoms with van der Waals surface area (Å²) in [4.78, 5) is 17.4. The Hall–Kier alpha value is -1.84. The minimum atomic E-state index is 0.291. The predicted molar refractivity (Wildman–Crippen MR) is 92.4 cm³/mol. The van der Waals surface area contributed by atoms with Gasteiger partial charge >= 0.3 is 0 Å². The van der Waals surface area contributed by atoms with E-state index in [9.17, 15) is 4.79 Å². The van der Waals surface area contributed by atoms with E-state index in [0.29, 0.717) is 30.2 Å². The fraction of sp³-hybridized carbons (Fsp3) is 0.600. The van der Waals surface area contributed by atoms with Gasteiger partial charge in [-0.15, -0.1) is 0 Å². The van der Waals surface area contributed by atoms with E-state index in [4.69, 9.17) is 0 Å². The van der Waals surface area contributed by atoms with Gasteiger partial charge in [-0.3, -0.25) is 4.79 Å². The number of nitrogens with one attached hydrogen (secondary N) is 1. The predicted octanol–water partition coefficient (Wildman–Crippen LogP) is 3.07. The molecule has 2 heterocycles. The lowest BCUT2D eigenvalue weighted by Crippen LogP contribution is -2.51. The Balaban J connectivity index is 1.20. The molecule has 4 nitrogen and oxygen atoms in total. The highest BCUT2D eigenvalue weighted by atomic mass is 16.1. The number of carbonyl (C=O) groups excluding carboxylic acids is 1. The maximum absolute atomic E-state index is 12.8. The van der Waals surface area contributed by atoms with Crippen LogP contribution in [0.5, 0.6) is 0 Å². The van der Waals surface area contributed by atoms with Crippen molar-refractivity contribution in [3.05, 3.63) is 36.3 Å². The monoisotopic (exact) mass is 323 g/mol. The second kappa shape index (κ2) is 5.61. The lowest BCUT2D eigenvalue weighted by molar-refractivity contribution is -0.138. The van der Waals surface area contributed by atoms with Gasteiger partial charge in [-0.05, 0) is 67.9 Å². The summed E-state index contributed by atoms with van der Waals surface area (Å²) in [6.45, 7) is 0.700. The van der Waals surface area contributed by atoms with Gasteiger partial charge < -0.3 is 9.72 Å². The standard InChI is InChI=1S/C20H25N3O/c24-20(19-15-8-13-7-14(10-15)11-16(19)9-13)21-5-4-17-12-23-6-2-1-3-18(23)22-17/h1-3,6,12-16,19H,4-5,7-11H2,(H,21,24). The summed E-state index contributed by atoms with van der Waals surface area (Å²) >= 11 is 0. The Morgan fingerprint density at radius 1 is 1.12 bits per heavy atom. The first kappa shape index (κ1) is 14.5. The zero-order valence-electron chi connectivity index (χ0n) is 14.0. The third kappa shape index (κ3) is 2.43. The minimum Gasteiger partial charge on any atom is -0.355 e. The van der Waals surface area contributed by atoms with Crippen LogP contribution in [0.2, 0.25) is 0 Å². The number of fused-ring (bicyclic) bond motifs is 1. The Bertz CT molecular complexity index is 704. The van der Waals surface area contributed by atoms with E-state index in [0.717, 1.165) is 29.6 Å². The molecule has 0 spiro atoms. The lowest BCUT2D eigenvalue weighted by Gasteiger charge is -2.53. The van der Waals surface area contributed by atoms with Crippen LogP contribution in [0.1, 0.15) is 37.8 Å². The van der Waals surface area contributed by atoms with E-state index < -0.39 is 0 Å². The molecule has 4 heteroatoms. The maximum Gasteiger partial charge on any atom is 0.223 e. The highest BCUT2D eigenvalue weighted by molar-refractivity contribution is 5.79. The molecular formula is C20H25N3O. The van der Waals surface area contributed by atoms with Crippen LogP contribution in [0.3, 0.4) is 0 Å². The second-order valence-corrected chi connectivity index (χ2v) is 8.20. The fourth-order valence-corrected chi connectivity index (χ4v) is 5.89. The highest BCUT2D eigenvalue weighted by Gasteiger charge is 2.50. The van der Waals surface area contributed by atoms with Crippen molar-refractivity contribution in [1.82, 2.24) is 14.7 Å². The van der Waals surface area contributed by atoms with Crippen molar-refractivity contribution in [2.24, 2.45) is 29.6 Å². The fourth-order valence-electron chi connectivity index (χ4n) is 5.89. The van der Waals surface area contributed by atoms with Crippen LogP contribution < -0.4 is 5.32 Å². The zero-order valence-corrected chi connectivity index (χ0v) is 14.0.